The van der Waals surface area contributed by atoms with E-state index >= 15 is 0 Å². The van der Waals surface area contributed by atoms with Crippen LogP contribution in [0.2, 0.25) is 0 Å². The minimum Gasteiger partial charge on any atom is -0.361 e. The Hall–Kier alpha value is -2.02. The maximum atomic E-state index is 3.26. The second kappa shape index (κ2) is 5.01. The Bertz CT molecular complexity index is 431. The van der Waals surface area contributed by atoms with Crippen molar-refractivity contribution in [2.24, 2.45) is 0 Å². The van der Waals surface area contributed by atoms with Gasteiger partial charge in [0.05, 0.1) is 0 Å². The van der Waals surface area contributed by atoms with Crippen LogP contribution in [0.5, 0.6) is 0 Å². The Morgan fingerprint density at radius 3 is 2.07 bits per heavy atom. The summed E-state index contributed by atoms with van der Waals surface area (Å²) in [6, 6.07) is 22.4. The van der Waals surface area contributed by atoms with Crippen molar-refractivity contribution in [2.75, 3.05) is 0 Å². The molecule has 0 unspecified atom stereocenters. The van der Waals surface area contributed by atoms with Gasteiger partial charge in [-0.1, -0.05) is 54.6 Å². The Kier molecular flexibility index (Phi) is 3.18. The van der Waals surface area contributed by atoms with Gasteiger partial charge in [-0.25, -0.2) is 0 Å². The molecule has 0 amide bonds. The zero-order valence-corrected chi connectivity index (χ0v) is 8.43. The predicted molar refractivity (Wildman–Crippen MR) is 63.9 cm³/mol. The molecule has 2 aromatic rings. The van der Waals surface area contributed by atoms with Gasteiger partial charge in [-0.05, 0) is 17.7 Å². The first-order chi connectivity index (χ1) is 7.47. The fourth-order valence-corrected chi connectivity index (χ4v) is 1.38. The summed E-state index contributed by atoms with van der Waals surface area (Å²) >= 11 is 0. The highest BCUT2D eigenvalue weighted by molar-refractivity contribution is 5.57. The van der Waals surface area contributed by atoms with Crippen molar-refractivity contribution in [3.05, 3.63) is 72.9 Å². The van der Waals surface area contributed by atoms with Gasteiger partial charge in [-0.15, -0.1) is 0 Å². The molecular weight excluding hydrogens is 182 g/mol. The normalized spacial score (nSPS) is 9.33. The molecule has 0 saturated heterocycles. The van der Waals surface area contributed by atoms with Crippen LogP contribution in [0.15, 0.2) is 72.9 Å². The van der Waals surface area contributed by atoms with Crippen LogP contribution >= 0.6 is 0 Å². The van der Waals surface area contributed by atoms with E-state index in [1.54, 1.807) is 0 Å². The third-order valence-corrected chi connectivity index (χ3v) is 2.13. The standard InChI is InChI=1S/C14H13N/c1-2-7-11-14(15-12-8-3-1)13-9-5-4-6-10-13/h1-12,15H. The van der Waals surface area contributed by atoms with Crippen LogP contribution in [-0.4, -0.2) is 4.98 Å². The van der Waals surface area contributed by atoms with E-state index in [0.717, 1.165) is 5.69 Å². The molecule has 0 saturated carbocycles. The second-order valence-corrected chi connectivity index (χ2v) is 3.22. The first-order valence-electron chi connectivity index (χ1n) is 4.99. The summed E-state index contributed by atoms with van der Waals surface area (Å²) < 4.78 is 0. The maximum Gasteiger partial charge on any atom is 0.0453 e. The summed E-state index contributed by atoms with van der Waals surface area (Å²) in [5.41, 5.74) is 2.29. The Labute approximate surface area is 89.7 Å². The number of rotatable bonds is 1. The molecule has 0 aliphatic rings. The molecule has 1 heterocycles. The van der Waals surface area contributed by atoms with E-state index in [1.807, 2.05) is 54.7 Å². The summed E-state index contributed by atoms with van der Waals surface area (Å²) in [7, 11) is 0. The third kappa shape index (κ3) is 2.71. The van der Waals surface area contributed by atoms with Gasteiger partial charge < -0.3 is 4.98 Å². The van der Waals surface area contributed by atoms with Crippen LogP contribution in [-0.2, 0) is 0 Å². The molecule has 1 aromatic heterocycles. The number of hydrogen-bond acceptors (Lipinski definition) is 0. The molecule has 0 fully saturated rings. The van der Waals surface area contributed by atoms with E-state index in [9.17, 15) is 0 Å². The largest absolute Gasteiger partial charge is 0.361 e. The molecule has 2 rings (SSSR count). The molecular formula is C14H13N. The summed E-state index contributed by atoms with van der Waals surface area (Å²) in [5.74, 6) is 0. The van der Waals surface area contributed by atoms with Crippen molar-refractivity contribution in [3.8, 4) is 11.3 Å². The lowest BCUT2D eigenvalue weighted by molar-refractivity contribution is 1.35. The van der Waals surface area contributed by atoms with Crippen LogP contribution in [0.4, 0.5) is 0 Å². The lowest BCUT2D eigenvalue weighted by atomic mass is 10.1. The predicted octanol–water partition coefficient (Wildman–Crippen LogP) is 3.81. The first kappa shape index (κ1) is 9.53. The smallest absolute Gasteiger partial charge is 0.0453 e. The van der Waals surface area contributed by atoms with Crippen LogP contribution < -0.4 is 0 Å². The lowest BCUT2D eigenvalue weighted by Gasteiger charge is -1.97. The number of benzene rings is 1. The van der Waals surface area contributed by atoms with Crippen molar-refractivity contribution in [1.82, 2.24) is 4.98 Å². The van der Waals surface area contributed by atoms with Crippen LogP contribution in [0.3, 0.4) is 0 Å². The molecule has 0 aliphatic heterocycles. The minimum atomic E-state index is 1.10. The molecule has 1 N–H and O–H groups in total. The average Bonchev–Trinajstić information content (AvgIpc) is 2.43. The van der Waals surface area contributed by atoms with Crippen LogP contribution in [0.25, 0.3) is 11.3 Å². The van der Waals surface area contributed by atoms with Crippen molar-refractivity contribution in [2.45, 2.75) is 0 Å². The monoisotopic (exact) mass is 195 g/mol. The van der Waals surface area contributed by atoms with E-state index in [-0.39, 0.29) is 0 Å². The summed E-state index contributed by atoms with van der Waals surface area (Å²) in [4.78, 5) is 3.26. The Balaban J connectivity index is 2.51. The zero-order chi connectivity index (χ0) is 10.3. The number of hydrogen-bond donors (Lipinski definition) is 1. The van der Waals surface area contributed by atoms with Crippen molar-refractivity contribution < 1.29 is 0 Å². The lowest BCUT2D eigenvalue weighted by Crippen LogP contribution is -1.77. The van der Waals surface area contributed by atoms with Gasteiger partial charge in [0, 0.05) is 11.9 Å². The second-order valence-electron chi connectivity index (χ2n) is 3.22. The summed E-state index contributed by atoms with van der Waals surface area (Å²) in [6.07, 6.45) is 1.93. The van der Waals surface area contributed by atoms with Crippen molar-refractivity contribution >= 4 is 0 Å². The zero-order valence-electron chi connectivity index (χ0n) is 8.43. The molecule has 0 aliphatic carbocycles. The van der Waals surface area contributed by atoms with Gasteiger partial charge in [0.1, 0.15) is 0 Å². The highest BCUT2D eigenvalue weighted by Gasteiger charge is 1.91. The maximum absolute atomic E-state index is 3.26. The number of H-pyrrole nitrogens is 1. The van der Waals surface area contributed by atoms with Crippen LogP contribution in [0, 0.1) is 0 Å². The molecule has 0 atom stereocenters. The molecule has 1 aromatic carbocycles. The van der Waals surface area contributed by atoms with Gasteiger partial charge in [-0.2, -0.15) is 0 Å². The highest BCUT2D eigenvalue weighted by Crippen LogP contribution is 2.13. The van der Waals surface area contributed by atoms with E-state index in [1.165, 1.54) is 5.56 Å². The molecule has 1 nitrogen and oxygen atoms in total. The fraction of sp³-hybridized carbons (Fsp3) is 0. The van der Waals surface area contributed by atoms with Gasteiger partial charge in [0.15, 0.2) is 0 Å². The molecule has 15 heavy (non-hydrogen) atoms. The van der Waals surface area contributed by atoms with Crippen molar-refractivity contribution in [3.63, 3.8) is 0 Å². The van der Waals surface area contributed by atoms with Crippen LogP contribution in [0.1, 0.15) is 0 Å². The Morgan fingerprint density at radius 1 is 0.600 bits per heavy atom. The highest BCUT2D eigenvalue weighted by atomic mass is 14.6. The quantitative estimate of drug-likeness (QED) is 0.712. The van der Waals surface area contributed by atoms with E-state index < -0.39 is 0 Å². The summed E-state index contributed by atoms with van der Waals surface area (Å²) in [6.45, 7) is 0. The average molecular weight is 195 g/mol. The topological polar surface area (TPSA) is 15.8 Å². The van der Waals surface area contributed by atoms with Gasteiger partial charge in [-0.3, -0.25) is 0 Å². The number of aromatic amines is 1. The van der Waals surface area contributed by atoms with E-state index in [2.05, 4.69) is 23.2 Å². The van der Waals surface area contributed by atoms with Crippen molar-refractivity contribution in [1.29, 1.82) is 0 Å². The minimum absolute atomic E-state index is 1.10. The third-order valence-electron chi connectivity index (χ3n) is 2.13. The van der Waals surface area contributed by atoms with Gasteiger partial charge in [0.25, 0.3) is 0 Å². The number of nitrogens with one attached hydrogen (secondary N) is 1. The fourth-order valence-electron chi connectivity index (χ4n) is 1.38. The molecule has 74 valence electrons. The summed E-state index contributed by atoms with van der Waals surface area (Å²) in [5, 5.41) is 0. The SMILES string of the molecule is c1ccc[nH]c(-c2ccccc2)ccc1. The molecule has 0 spiro atoms. The molecule has 1 heteroatoms. The Morgan fingerprint density at radius 2 is 1.20 bits per heavy atom. The van der Waals surface area contributed by atoms with Gasteiger partial charge in [0.2, 0.25) is 0 Å². The van der Waals surface area contributed by atoms with Gasteiger partial charge >= 0.3 is 0 Å². The molecule has 0 bridgehead atoms. The number of aromatic nitrogens is 1. The van der Waals surface area contributed by atoms with E-state index in [4.69, 9.17) is 0 Å². The molecule has 0 radical (unpaired) electrons. The first-order valence-corrected chi connectivity index (χ1v) is 4.99. The van der Waals surface area contributed by atoms with E-state index in [0.29, 0.717) is 0 Å².